The lowest BCUT2D eigenvalue weighted by Crippen LogP contribution is -1.97. The zero-order valence-electron chi connectivity index (χ0n) is 16.8. The summed E-state index contributed by atoms with van der Waals surface area (Å²) in [5.41, 5.74) is 5.23. The number of rotatable bonds is 6. The van der Waals surface area contributed by atoms with Crippen LogP contribution in [0.2, 0.25) is 0 Å². The zero-order chi connectivity index (χ0) is 20.9. The number of aromatic amines is 1. The average Bonchev–Trinajstić information content (AvgIpc) is 3.20. The van der Waals surface area contributed by atoms with Crippen LogP contribution >= 0.6 is 0 Å². The van der Waals surface area contributed by atoms with Crippen LogP contribution in [0.15, 0.2) is 66.7 Å². The summed E-state index contributed by atoms with van der Waals surface area (Å²) in [5, 5.41) is 9.68. The van der Waals surface area contributed by atoms with Crippen LogP contribution in [0.4, 0.5) is 0 Å². The highest BCUT2D eigenvalue weighted by atomic mass is 16.5. The number of fused-ring (bicyclic) bond motifs is 1. The molecule has 1 heterocycles. The van der Waals surface area contributed by atoms with Crippen molar-refractivity contribution in [3.05, 3.63) is 89.2 Å². The number of ether oxygens (including phenoxy) is 2. The lowest BCUT2D eigenvalue weighted by molar-refractivity contribution is 0.284. The first kappa shape index (κ1) is 19.3. The van der Waals surface area contributed by atoms with Crippen molar-refractivity contribution in [3.63, 3.8) is 0 Å². The molecule has 0 aliphatic carbocycles. The van der Waals surface area contributed by atoms with Gasteiger partial charge in [0.2, 0.25) is 0 Å². The number of hydrogen-bond donors (Lipinski definition) is 1. The molecule has 5 heteroatoms. The molecule has 3 aromatic carbocycles. The Morgan fingerprint density at radius 1 is 1.07 bits per heavy atom. The number of nitrogens with zero attached hydrogens (tertiary/aromatic N) is 2. The summed E-state index contributed by atoms with van der Waals surface area (Å²) in [5.74, 6) is 1.80. The smallest absolute Gasteiger partial charge is 0.161 e. The molecule has 0 spiro atoms. The van der Waals surface area contributed by atoms with Gasteiger partial charge in [-0.3, -0.25) is 0 Å². The van der Waals surface area contributed by atoms with E-state index >= 15 is 0 Å². The zero-order valence-corrected chi connectivity index (χ0v) is 16.8. The number of aromatic nitrogens is 2. The maximum atomic E-state index is 9.68. The largest absolute Gasteiger partial charge is 0.493 e. The number of H-pyrrole nitrogens is 1. The fourth-order valence-electron chi connectivity index (χ4n) is 3.20. The Hall–Kier alpha value is -4.04. The highest BCUT2D eigenvalue weighted by Crippen LogP contribution is 2.30. The maximum Gasteiger partial charge on any atom is 0.161 e. The molecule has 0 aliphatic heterocycles. The molecule has 5 nitrogen and oxygen atoms in total. The summed E-state index contributed by atoms with van der Waals surface area (Å²) in [4.78, 5) is 7.77. The molecular formula is C25H21N3O2. The third kappa shape index (κ3) is 4.18. The molecule has 0 aliphatic rings. The molecule has 0 atom stereocenters. The number of aryl methyl sites for hydroxylation is 1. The third-order valence-electron chi connectivity index (χ3n) is 4.75. The SMILES string of the molecule is COc1cc(/C=C(/C#N)c2nc3ccc(C)cc3[nH]2)ccc1OCc1ccccc1. The van der Waals surface area contributed by atoms with Gasteiger partial charge < -0.3 is 14.5 Å². The average molecular weight is 395 g/mol. The molecule has 0 saturated carbocycles. The topological polar surface area (TPSA) is 70.9 Å². The molecule has 0 bridgehead atoms. The van der Waals surface area contributed by atoms with Crippen molar-refractivity contribution in [2.75, 3.05) is 7.11 Å². The van der Waals surface area contributed by atoms with Gasteiger partial charge in [0.25, 0.3) is 0 Å². The van der Waals surface area contributed by atoms with Gasteiger partial charge in [0.05, 0.1) is 23.7 Å². The van der Waals surface area contributed by atoms with Gasteiger partial charge in [-0.05, 0) is 54.0 Å². The highest BCUT2D eigenvalue weighted by Gasteiger charge is 2.10. The number of allylic oxidation sites excluding steroid dienone is 1. The molecule has 4 aromatic rings. The standard InChI is InChI=1S/C25H21N3O2/c1-17-8-10-21-22(12-17)28-25(27-21)20(15-26)13-19-9-11-23(24(14-19)29-2)30-16-18-6-4-3-5-7-18/h3-14H,16H2,1-2H3,(H,27,28)/b20-13-. The van der Waals surface area contributed by atoms with Crippen LogP contribution < -0.4 is 9.47 Å². The van der Waals surface area contributed by atoms with E-state index in [0.29, 0.717) is 29.5 Å². The van der Waals surface area contributed by atoms with Gasteiger partial charge in [-0.25, -0.2) is 4.98 Å². The minimum atomic E-state index is 0.448. The van der Waals surface area contributed by atoms with Crippen LogP contribution in [0.5, 0.6) is 11.5 Å². The number of benzene rings is 3. The van der Waals surface area contributed by atoms with Gasteiger partial charge in [-0.1, -0.05) is 42.5 Å². The lowest BCUT2D eigenvalue weighted by Gasteiger charge is -2.11. The van der Waals surface area contributed by atoms with Crippen molar-refractivity contribution in [2.24, 2.45) is 0 Å². The van der Waals surface area contributed by atoms with Gasteiger partial charge in [-0.2, -0.15) is 5.26 Å². The van der Waals surface area contributed by atoms with E-state index in [2.05, 4.69) is 16.0 Å². The van der Waals surface area contributed by atoms with Gasteiger partial charge >= 0.3 is 0 Å². The Balaban J connectivity index is 1.60. The minimum Gasteiger partial charge on any atom is -0.493 e. The Morgan fingerprint density at radius 2 is 1.90 bits per heavy atom. The quantitative estimate of drug-likeness (QED) is 0.436. The third-order valence-corrected chi connectivity index (χ3v) is 4.75. The van der Waals surface area contributed by atoms with Gasteiger partial charge in [0.15, 0.2) is 11.5 Å². The Bertz CT molecular complexity index is 1250. The van der Waals surface area contributed by atoms with Gasteiger partial charge in [-0.15, -0.1) is 0 Å². The summed E-state index contributed by atoms with van der Waals surface area (Å²) < 4.78 is 11.4. The highest BCUT2D eigenvalue weighted by molar-refractivity contribution is 5.90. The van der Waals surface area contributed by atoms with Crippen LogP contribution in [0, 0.1) is 18.3 Å². The summed E-state index contributed by atoms with van der Waals surface area (Å²) in [6.45, 7) is 2.48. The normalized spacial score (nSPS) is 11.3. The first-order chi connectivity index (χ1) is 14.7. The second-order valence-corrected chi connectivity index (χ2v) is 6.96. The molecule has 0 radical (unpaired) electrons. The Morgan fingerprint density at radius 3 is 2.67 bits per heavy atom. The van der Waals surface area contributed by atoms with Crippen LogP contribution in [0.25, 0.3) is 22.7 Å². The molecule has 4 rings (SSSR count). The van der Waals surface area contributed by atoms with E-state index in [4.69, 9.17) is 9.47 Å². The number of hydrogen-bond acceptors (Lipinski definition) is 4. The lowest BCUT2D eigenvalue weighted by atomic mass is 10.1. The maximum absolute atomic E-state index is 9.68. The fraction of sp³-hybridized carbons (Fsp3) is 0.120. The molecule has 0 unspecified atom stereocenters. The van der Waals surface area contributed by atoms with E-state index in [1.54, 1.807) is 13.2 Å². The number of methoxy groups -OCH3 is 1. The van der Waals surface area contributed by atoms with Crippen molar-refractivity contribution in [1.82, 2.24) is 9.97 Å². The second-order valence-electron chi connectivity index (χ2n) is 6.96. The second kappa shape index (κ2) is 8.54. The number of nitriles is 1. The van der Waals surface area contributed by atoms with Gasteiger partial charge in [0, 0.05) is 0 Å². The summed E-state index contributed by atoms with van der Waals surface area (Å²) in [6, 6.07) is 23.8. The van der Waals surface area contributed by atoms with Crippen LogP contribution in [0.1, 0.15) is 22.5 Å². The predicted molar refractivity (Wildman–Crippen MR) is 118 cm³/mol. The Labute approximate surface area is 175 Å². The van der Waals surface area contributed by atoms with Crippen molar-refractivity contribution < 1.29 is 9.47 Å². The minimum absolute atomic E-state index is 0.448. The van der Waals surface area contributed by atoms with Crippen LogP contribution in [0.3, 0.4) is 0 Å². The van der Waals surface area contributed by atoms with E-state index in [1.807, 2.05) is 73.7 Å². The summed E-state index contributed by atoms with van der Waals surface area (Å²) >= 11 is 0. The van der Waals surface area contributed by atoms with Crippen LogP contribution in [-0.2, 0) is 6.61 Å². The van der Waals surface area contributed by atoms with Crippen molar-refractivity contribution in [2.45, 2.75) is 13.5 Å². The molecule has 0 saturated heterocycles. The van der Waals surface area contributed by atoms with E-state index in [-0.39, 0.29) is 0 Å². The molecule has 1 N–H and O–H groups in total. The molecule has 1 aromatic heterocycles. The molecular weight excluding hydrogens is 374 g/mol. The summed E-state index contributed by atoms with van der Waals surface area (Å²) in [6.07, 6.45) is 1.79. The first-order valence-corrected chi connectivity index (χ1v) is 9.59. The van der Waals surface area contributed by atoms with Crippen molar-refractivity contribution in [1.29, 1.82) is 5.26 Å². The molecule has 0 amide bonds. The van der Waals surface area contributed by atoms with Gasteiger partial charge in [0.1, 0.15) is 18.5 Å². The Kier molecular flexibility index (Phi) is 5.49. The summed E-state index contributed by atoms with van der Waals surface area (Å²) in [7, 11) is 1.60. The number of nitrogens with one attached hydrogen (secondary N) is 1. The van der Waals surface area contributed by atoms with E-state index in [9.17, 15) is 5.26 Å². The monoisotopic (exact) mass is 395 g/mol. The molecule has 0 fully saturated rings. The molecule has 30 heavy (non-hydrogen) atoms. The van der Waals surface area contributed by atoms with E-state index < -0.39 is 0 Å². The van der Waals surface area contributed by atoms with E-state index in [0.717, 1.165) is 27.7 Å². The number of imidazole rings is 1. The molecule has 148 valence electrons. The van der Waals surface area contributed by atoms with E-state index in [1.165, 1.54) is 0 Å². The fourth-order valence-corrected chi connectivity index (χ4v) is 3.20. The predicted octanol–water partition coefficient (Wildman–Crippen LogP) is 5.52. The van der Waals surface area contributed by atoms with Crippen molar-refractivity contribution in [3.8, 4) is 17.6 Å². The van der Waals surface area contributed by atoms with Crippen LogP contribution in [-0.4, -0.2) is 17.1 Å². The van der Waals surface area contributed by atoms with Crippen molar-refractivity contribution >= 4 is 22.7 Å². The first-order valence-electron chi connectivity index (χ1n) is 9.59.